The molecule has 0 bridgehead atoms. The normalized spacial score (nSPS) is 10.3. The number of phenols is 1. The van der Waals surface area contributed by atoms with E-state index in [0.29, 0.717) is 11.3 Å². The molecular weight excluding hydrogens is 282 g/mol. The Balaban J connectivity index is 1.83. The molecule has 1 aromatic heterocycles. The summed E-state index contributed by atoms with van der Waals surface area (Å²) in [5.41, 5.74) is 2.18. The van der Waals surface area contributed by atoms with E-state index in [1.165, 1.54) is 6.07 Å². The van der Waals surface area contributed by atoms with Gasteiger partial charge in [-0.15, -0.1) is 11.3 Å². The number of amides is 1. The van der Waals surface area contributed by atoms with Gasteiger partial charge in [0.2, 0.25) is 0 Å². The Hall–Kier alpha value is -2.59. The molecule has 4 heteroatoms. The lowest BCUT2D eigenvalue weighted by Gasteiger charge is -2.07. The smallest absolute Gasteiger partial charge is 0.255 e. The van der Waals surface area contributed by atoms with Crippen LogP contribution in [0.2, 0.25) is 0 Å². The minimum Gasteiger partial charge on any atom is -0.508 e. The van der Waals surface area contributed by atoms with Crippen molar-refractivity contribution in [3.05, 3.63) is 71.6 Å². The van der Waals surface area contributed by atoms with E-state index in [9.17, 15) is 9.90 Å². The van der Waals surface area contributed by atoms with Gasteiger partial charge < -0.3 is 10.4 Å². The highest BCUT2D eigenvalue weighted by atomic mass is 32.1. The molecule has 0 atom stereocenters. The fourth-order valence-electron chi connectivity index (χ4n) is 2.04. The van der Waals surface area contributed by atoms with Crippen molar-refractivity contribution >= 4 is 22.9 Å². The van der Waals surface area contributed by atoms with Crippen molar-refractivity contribution < 1.29 is 9.90 Å². The number of phenolic OH excluding ortho intramolecular Hbond substituents is 1. The number of carbonyl (C=O) groups is 1. The summed E-state index contributed by atoms with van der Waals surface area (Å²) in [6, 6.07) is 18.0. The molecule has 0 fully saturated rings. The Bertz CT molecular complexity index is 766. The number of rotatable bonds is 3. The average molecular weight is 295 g/mol. The lowest BCUT2D eigenvalue weighted by Crippen LogP contribution is -2.11. The zero-order valence-corrected chi connectivity index (χ0v) is 11.9. The van der Waals surface area contributed by atoms with Crippen molar-refractivity contribution in [2.75, 3.05) is 5.32 Å². The highest BCUT2D eigenvalue weighted by Gasteiger charge is 2.08. The van der Waals surface area contributed by atoms with E-state index in [1.807, 2.05) is 35.7 Å². The Kier molecular flexibility index (Phi) is 3.71. The molecule has 21 heavy (non-hydrogen) atoms. The van der Waals surface area contributed by atoms with Gasteiger partial charge >= 0.3 is 0 Å². The molecule has 0 aliphatic rings. The van der Waals surface area contributed by atoms with Crippen LogP contribution in [0, 0.1) is 0 Å². The highest BCUT2D eigenvalue weighted by molar-refractivity contribution is 7.13. The van der Waals surface area contributed by atoms with Crippen LogP contribution in [0.1, 0.15) is 10.4 Å². The van der Waals surface area contributed by atoms with Crippen LogP contribution in [-0.2, 0) is 0 Å². The summed E-state index contributed by atoms with van der Waals surface area (Å²) in [6.45, 7) is 0. The molecule has 1 amide bonds. The fourth-order valence-corrected chi connectivity index (χ4v) is 2.77. The number of nitrogens with one attached hydrogen (secondary N) is 1. The molecule has 0 radical (unpaired) electrons. The summed E-state index contributed by atoms with van der Waals surface area (Å²) in [4.78, 5) is 13.4. The number of thiophene rings is 1. The molecule has 0 aliphatic heterocycles. The van der Waals surface area contributed by atoms with E-state index < -0.39 is 0 Å². The molecule has 0 saturated heterocycles. The second-order valence-corrected chi connectivity index (χ2v) is 5.51. The third-order valence-electron chi connectivity index (χ3n) is 3.03. The van der Waals surface area contributed by atoms with Gasteiger partial charge in [0, 0.05) is 22.2 Å². The van der Waals surface area contributed by atoms with Crippen molar-refractivity contribution in [3.8, 4) is 16.2 Å². The van der Waals surface area contributed by atoms with Crippen LogP contribution in [-0.4, -0.2) is 11.0 Å². The maximum atomic E-state index is 12.3. The van der Waals surface area contributed by atoms with Gasteiger partial charge in [-0.3, -0.25) is 4.79 Å². The Morgan fingerprint density at radius 1 is 1.00 bits per heavy atom. The summed E-state index contributed by atoms with van der Waals surface area (Å²) in [5.74, 6) is -0.0702. The number of benzene rings is 2. The van der Waals surface area contributed by atoms with Crippen molar-refractivity contribution in [2.24, 2.45) is 0 Å². The molecule has 1 heterocycles. The van der Waals surface area contributed by atoms with Gasteiger partial charge in [-0.2, -0.15) is 0 Å². The molecule has 3 aromatic rings. The second-order valence-electron chi connectivity index (χ2n) is 4.56. The molecule has 0 aliphatic carbocycles. The number of hydrogen-bond acceptors (Lipinski definition) is 3. The maximum Gasteiger partial charge on any atom is 0.255 e. The van der Waals surface area contributed by atoms with Crippen LogP contribution in [0.4, 0.5) is 5.69 Å². The zero-order valence-electron chi connectivity index (χ0n) is 11.1. The van der Waals surface area contributed by atoms with Crippen LogP contribution >= 0.6 is 11.3 Å². The lowest BCUT2D eigenvalue weighted by molar-refractivity contribution is 0.102. The molecule has 104 valence electrons. The number of aromatic hydroxyl groups is 1. The monoisotopic (exact) mass is 295 g/mol. The quantitative estimate of drug-likeness (QED) is 0.753. The highest BCUT2D eigenvalue weighted by Crippen LogP contribution is 2.25. The summed E-state index contributed by atoms with van der Waals surface area (Å²) < 4.78 is 0. The van der Waals surface area contributed by atoms with E-state index in [1.54, 1.807) is 35.6 Å². The summed E-state index contributed by atoms with van der Waals surface area (Å²) in [6.07, 6.45) is 0. The number of hydrogen-bond donors (Lipinski definition) is 2. The van der Waals surface area contributed by atoms with E-state index >= 15 is 0 Å². The maximum absolute atomic E-state index is 12.3. The first kappa shape index (κ1) is 13.4. The zero-order chi connectivity index (χ0) is 14.7. The van der Waals surface area contributed by atoms with Crippen LogP contribution in [0.15, 0.2) is 66.0 Å². The third-order valence-corrected chi connectivity index (χ3v) is 3.95. The van der Waals surface area contributed by atoms with E-state index in [4.69, 9.17) is 0 Å². The molecule has 2 N–H and O–H groups in total. The van der Waals surface area contributed by atoms with E-state index in [0.717, 1.165) is 10.4 Å². The van der Waals surface area contributed by atoms with Crippen molar-refractivity contribution in [2.45, 2.75) is 0 Å². The molecule has 0 unspecified atom stereocenters. The standard InChI is InChI=1S/C17H13NO2S/c19-15-7-2-6-14(11-15)18-17(20)13-5-1-4-12(10-13)16-8-3-9-21-16/h1-11,19H,(H,18,20). The summed E-state index contributed by atoms with van der Waals surface area (Å²) in [7, 11) is 0. The molecule has 3 nitrogen and oxygen atoms in total. The minimum atomic E-state index is -0.195. The molecule has 0 saturated carbocycles. The second kappa shape index (κ2) is 5.81. The first-order chi connectivity index (χ1) is 10.2. The molecule has 2 aromatic carbocycles. The van der Waals surface area contributed by atoms with Crippen molar-refractivity contribution in [3.63, 3.8) is 0 Å². The van der Waals surface area contributed by atoms with Gasteiger partial charge in [-0.05, 0) is 41.3 Å². The van der Waals surface area contributed by atoms with Crippen LogP contribution < -0.4 is 5.32 Å². The fraction of sp³-hybridized carbons (Fsp3) is 0. The average Bonchev–Trinajstić information content (AvgIpc) is 3.02. The Labute approximate surface area is 126 Å². The molecule has 3 rings (SSSR count). The van der Waals surface area contributed by atoms with Crippen molar-refractivity contribution in [1.29, 1.82) is 0 Å². The number of anilines is 1. The molecular formula is C17H13NO2S. The van der Waals surface area contributed by atoms with Gasteiger partial charge in [-0.1, -0.05) is 24.3 Å². The third kappa shape index (κ3) is 3.12. The van der Waals surface area contributed by atoms with Crippen LogP contribution in [0.3, 0.4) is 0 Å². The summed E-state index contributed by atoms with van der Waals surface area (Å²) in [5, 5.41) is 14.2. The van der Waals surface area contributed by atoms with E-state index in [2.05, 4.69) is 5.32 Å². The van der Waals surface area contributed by atoms with Gasteiger partial charge in [0.15, 0.2) is 0 Å². The van der Waals surface area contributed by atoms with Crippen LogP contribution in [0.25, 0.3) is 10.4 Å². The lowest BCUT2D eigenvalue weighted by atomic mass is 10.1. The Morgan fingerprint density at radius 2 is 1.86 bits per heavy atom. The topological polar surface area (TPSA) is 49.3 Å². The molecule has 0 spiro atoms. The predicted molar refractivity (Wildman–Crippen MR) is 85.8 cm³/mol. The first-order valence-electron chi connectivity index (χ1n) is 6.47. The van der Waals surface area contributed by atoms with Gasteiger partial charge in [0.25, 0.3) is 5.91 Å². The van der Waals surface area contributed by atoms with E-state index in [-0.39, 0.29) is 11.7 Å². The largest absolute Gasteiger partial charge is 0.508 e. The summed E-state index contributed by atoms with van der Waals surface area (Å²) >= 11 is 1.64. The van der Waals surface area contributed by atoms with Gasteiger partial charge in [-0.25, -0.2) is 0 Å². The Morgan fingerprint density at radius 3 is 2.62 bits per heavy atom. The minimum absolute atomic E-state index is 0.125. The SMILES string of the molecule is O=C(Nc1cccc(O)c1)c1cccc(-c2cccs2)c1. The van der Waals surface area contributed by atoms with Crippen LogP contribution in [0.5, 0.6) is 5.75 Å². The van der Waals surface area contributed by atoms with Crippen molar-refractivity contribution in [1.82, 2.24) is 0 Å². The predicted octanol–water partition coefficient (Wildman–Crippen LogP) is 4.37. The van der Waals surface area contributed by atoms with Gasteiger partial charge in [0.1, 0.15) is 5.75 Å². The first-order valence-corrected chi connectivity index (χ1v) is 7.35. The number of carbonyl (C=O) groups excluding carboxylic acids is 1. The van der Waals surface area contributed by atoms with Gasteiger partial charge in [0.05, 0.1) is 0 Å².